The first kappa shape index (κ1) is 11.9. The second-order valence-electron chi connectivity index (χ2n) is 2.59. The molecule has 76 valence electrons. The highest BCUT2D eigenvalue weighted by Crippen LogP contribution is 1.82. The van der Waals surface area contributed by atoms with E-state index in [-0.39, 0.29) is 12.5 Å². The Bertz CT molecular complexity index is 170. The zero-order chi connectivity index (χ0) is 10.1. The normalized spacial score (nSPS) is 9.62. The van der Waals surface area contributed by atoms with E-state index in [2.05, 4.69) is 10.1 Å². The average Bonchev–Trinajstić information content (AvgIpc) is 2.04. The molecule has 0 saturated heterocycles. The largest absolute Gasteiger partial charge is 0.480 e. The second kappa shape index (κ2) is 7.54. The van der Waals surface area contributed by atoms with Crippen LogP contribution in [-0.2, 0) is 14.3 Å². The highest BCUT2D eigenvalue weighted by molar-refractivity contribution is 5.77. The molecule has 5 nitrogen and oxygen atoms in total. The number of carbonyl (C=O) groups excluding carboxylic acids is 1. The molecule has 0 heterocycles. The molecule has 5 heteroatoms. The second-order valence-corrected chi connectivity index (χ2v) is 2.59. The Balaban J connectivity index is 3.25. The van der Waals surface area contributed by atoms with Crippen LogP contribution in [-0.4, -0.2) is 36.7 Å². The summed E-state index contributed by atoms with van der Waals surface area (Å²) < 4.78 is 4.58. The standard InChI is InChI=1S/C8H15NO4/c1-2-3-4-9-7(10)5-13-6-8(11)12/h2-6H2,1H3,(H,9,10)(H,11,12). The number of unbranched alkanes of at least 4 members (excludes halogenated alkanes) is 1. The molecule has 13 heavy (non-hydrogen) atoms. The van der Waals surface area contributed by atoms with E-state index in [1.165, 1.54) is 0 Å². The SMILES string of the molecule is CCCCNC(=O)COCC(=O)O. The van der Waals surface area contributed by atoms with Crippen LogP contribution in [0.5, 0.6) is 0 Å². The predicted octanol–water partition coefficient (Wildman–Crippen LogP) is 0.00390. The monoisotopic (exact) mass is 189 g/mol. The van der Waals surface area contributed by atoms with Gasteiger partial charge in [-0.1, -0.05) is 13.3 Å². The van der Waals surface area contributed by atoms with Crippen LogP contribution in [0.25, 0.3) is 0 Å². The maximum atomic E-state index is 10.9. The van der Waals surface area contributed by atoms with Gasteiger partial charge in [0.25, 0.3) is 0 Å². The number of hydrogen-bond acceptors (Lipinski definition) is 3. The number of aliphatic carboxylic acids is 1. The van der Waals surface area contributed by atoms with E-state index >= 15 is 0 Å². The minimum Gasteiger partial charge on any atom is -0.480 e. The number of carboxylic acids is 1. The van der Waals surface area contributed by atoms with E-state index in [9.17, 15) is 9.59 Å². The van der Waals surface area contributed by atoms with Gasteiger partial charge in [-0.05, 0) is 6.42 Å². The quantitative estimate of drug-likeness (QED) is 0.553. The lowest BCUT2D eigenvalue weighted by molar-refractivity contribution is -0.143. The van der Waals surface area contributed by atoms with E-state index in [4.69, 9.17) is 5.11 Å². The van der Waals surface area contributed by atoms with Crippen molar-refractivity contribution < 1.29 is 19.4 Å². The van der Waals surface area contributed by atoms with Crippen LogP contribution in [0.15, 0.2) is 0 Å². The molecule has 0 saturated carbocycles. The van der Waals surface area contributed by atoms with Crippen LogP contribution >= 0.6 is 0 Å². The Morgan fingerprint density at radius 3 is 2.62 bits per heavy atom. The van der Waals surface area contributed by atoms with E-state index in [0.29, 0.717) is 6.54 Å². The van der Waals surface area contributed by atoms with Crippen LogP contribution in [0, 0.1) is 0 Å². The zero-order valence-electron chi connectivity index (χ0n) is 7.71. The molecule has 0 aliphatic rings. The maximum Gasteiger partial charge on any atom is 0.329 e. The van der Waals surface area contributed by atoms with Gasteiger partial charge >= 0.3 is 5.97 Å². The lowest BCUT2D eigenvalue weighted by atomic mass is 10.3. The number of nitrogens with one attached hydrogen (secondary N) is 1. The lowest BCUT2D eigenvalue weighted by Crippen LogP contribution is -2.29. The van der Waals surface area contributed by atoms with Crippen LogP contribution in [0.2, 0.25) is 0 Å². The van der Waals surface area contributed by atoms with Gasteiger partial charge in [-0.2, -0.15) is 0 Å². The summed E-state index contributed by atoms with van der Waals surface area (Å²) in [6, 6.07) is 0. The van der Waals surface area contributed by atoms with Crippen molar-refractivity contribution in [1.82, 2.24) is 5.32 Å². The van der Waals surface area contributed by atoms with E-state index in [1.807, 2.05) is 6.92 Å². The van der Waals surface area contributed by atoms with Crippen molar-refractivity contribution in [2.45, 2.75) is 19.8 Å². The smallest absolute Gasteiger partial charge is 0.329 e. The van der Waals surface area contributed by atoms with E-state index in [1.54, 1.807) is 0 Å². The van der Waals surface area contributed by atoms with Gasteiger partial charge in [0.1, 0.15) is 13.2 Å². The number of rotatable bonds is 7. The van der Waals surface area contributed by atoms with Crippen LogP contribution < -0.4 is 5.32 Å². The Labute approximate surface area is 77.1 Å². The average molecular weight is 189 g/mol. The molecule has 0 bridgehead atoms. The molecule has 0 radical (unpaired) electrons. The Kier molecular flexibility index (Phi) is 6.91. The molecule has 0 spiro atoms. The fourth-order valence-electron chi connectivity index (χ4n) is 0.687. The van der Waals surface area contributed by atoms with Gasteiger partial charge in [0.2, 0.25) is 5.91 Å². The number of carboxylic acid groups (broad SMARTS) is 1. The molecule has 0 fully saturated rings. The molecule has 0 unspecified atom stereocenters. The van der Waals surface area contributed by atoms with E-state index < -0.39 is 12.6 Å². The third kappa shape index (κ3) is 8.81. The summed E-state index contributed by atoms with van der Waals surface area (Å²) in [5, 5.41) is 10.8. The summed E-state index contributed by atoms with van der Waals surface area (Å²) in [5.74, 6) is -1.34. The molecule has 0 atom stereocenters. The van der Waals surface area contributed by atoms with Crippen LogP contribution in [0.4, 0.5) is 0 Å². The number of ether oxygens (including phenoxy) is 1. The van der Waals surface area contributed by atoms with Gasteiger partial charge in [0.05, 0.1) is 0 Å². The molecular formula is C8H15NO4. The molecule has 0 rings (SSSR count). The summed E-state index contributed by atoms with van der Waals surface area (Å²) >= 11 is 0. The highest BCUT2D eigenvalue weighted by Gasteiger charge is 2.01. The van der Waals surface area contributed by atoms with Gasteiger partial charge < -0.3 is 15.2 Å². The van der Waals surface area contributed by atoms with Crippen molar-refractivity contribution in [1.29, 1.82) is 0 Å². The molecule has 0 aliphatic heterocycles. The van der Waals surface area contributed by atoms with Crippen molar-refractivity contribution in [3.05, 3.63) is 0 Å². The van der Waals surface area contributed by atoms with Crippen molar-refractivity contribution in [2.24, 2.45) is 0 Å². The minimum absolute atomic E-state index is 0.185. The van der Waals surface area contributed by atoms with Gasteiger partial charge in [-0.15, -0.1) is 0 Å². The molecule has 0 aromatic carbocycles. The molecule has 0 aliphatic carbocycles. The first-order valence-corrected chi connectivity index (χ1v) is 4.23. The first-order valence-electron chi connectivity index (χ1n) is 4.23. The summed E-state index contributed by atoms with van der Waals surface area (Å²) in [5.41, 5.74) is 0. The molecular weight excluding hydrogens is 174 g/mol. The third-order valence-corrected chi connectivity index (χ3v) is 1.31. The summed E-state index contributed by atoms with van der Waals surface area (Å²) in [6.07, 6.45) is 1.93. The van der Waals surface area contributed by atoms with Crippen LogP contribution in [0.3, 0.4) is 0 Å². The summed E-state index contributed by atoms with van der Waals surface area (Å²) in [4.78, 5) is 20.9. The highest BCUT2D eigenvalue weighted by atomic mass is 16.5. The van der Waals surface area contributed by atoms with Gasteiger partial charge in [-0.25, -0.2) is 4.79 Å². The number of hydrogen-bond donors (Lipinski definition) is 2. The molecule has 1 amide bonds. The zero-order valence-corrected chi connectivity index (χ0v) is 7.71. The predicted molar refractivity (Wildman–Crippen MR) is 46.4 cm³/mol. The summed E-state index contributed by atoms with van der Waals surface area (Å²) in [7, 11) is 0. The third-order valence-electron chi connectivity index (χ3n) is 1.31. The van der Waals surface area contributed by atoms with Gasteiger partial charge in [-0.3, -0.25) is 4.79 Å². The fraction of sp³-hybridized carbons (Fsp3) is 0.750. The number of carbonyl (C=O) groups is 2. The first-order chi connectivity index (χ1) is 6.16. The van der Waals surface area contributed by atoms with E-state index in [0.717, 1.165) is 12.8 Å². The fourth-order valence-corrected chi connectivity index (χ4v) is 0.687. The topological polar surface area (TPSA) is 75.6 Å². The van der Waals surface area contributed by atoms with Crippen molar-refractivity contribution >= 4 is 11.9 Å². The molecule has 2 N–H and O–H groups in total. The van der Waals surface area contributed by atoms with Crippen LogP contribution in [0.1, 0.15) is 19.8 Å². The minimum atomic E-state index is -1.07. The number of amides is 1. The lowest BCUT2D eigenvalue weighted by Gasteiger charge is -2.03. The van der Waals surface area contributed by atoms with Gasteiger partial charge in [0.15, 0.2) is 0 Å². The van der Waals surface area contributed by atoms with Crippen molar-refractivity contribution in [3.63, 3.8) is 0 Å². The molecule has 0 aromatic rings. The van der Waals surface area contributed by atoms with Gasteiger partial charge in [0, 0.05) is 6.54 Å². The Morgan fingerprint density at radius 2 is 2.08 bits per heavy atom. The Morgan fingerprint density at radius 1 is 1.38 bits per heavy atom. The Hall–Kier alpha value is -1.10. The maximum absolute atomic E-state index is 10.9. The summed E-state index contributed by atoms with van der Waals surface area (Å²) in [6.45, 7) is 2.02. The van der Waals surface area contributed by atoms with Crippen molar-refractivity contribution in [3.8, 4) is 0 Å². The van der Waals surface area contributed by atoms with Crippen molar-refractivity contribution in [2.75, 3.05) is 19.8 Å². The molecule has 0 aromatic heterocycles.